The third-order valence-electron chi connectivity index (χ3n) is 0. The van der Waals surface area contributed by atoms with Crippen LogP contribution in [0, 0.1) is 0 Å². The van der Waals surface area contributed by atoms with E-state index < -0.39 is 0 Å². The summed E-state index contributed by atoms with van der Waals surface area (Å²) in [6.45, 7) is 0. The summed E-state index contributed by atoms with van der Waals surface area (Å²) in [4.78, 5) is 0. The van der Waals surface area contributed by atoms with Crippen molar-refractivity contribution in [2.45, 2.75) is 7.43 Å². The first-order valence-corrected chi connectivity index (χ1v) is 0. The number of hydrogen-bond donors (Lipinski definition) is 0. The molecule has 3 heteroatoms. The van der Waals surface area contributed by atoms with E-state index >= 15 is 0 Å². The molecule has 0 spiro atoms. The fraction of sp³-hybridized carbons (Fsp3) is 1.00. The summed E-state index contributed by atoms with van der Waals surface area (Å²) in [7, 11) is 0. The summed E-state index contributed by atoms with van der Waals surface area (Å²) in [6, 6.07) is 0. The van der Waals surface area contributed by atoms with Crippen molar-refractivity contribution in [2.24, 2.45) is 0 Å². The molecule has 0 rings (SSSR count). The van der Waals surface area contributed by atoms with E-state index in [1.54, 1.807) is 0 Å². The number of halogens is 2. The topological polar surface area (TPSA) is 0 Å². The van der Waals surface area contributed by atoms with Gasteiger partial charge in [0.2, 0.25) is 0 Å². The molecule has 0 aromatic carbocycles. The van der Waals surface area contributed by atoms with Gasteiger partial charge in [-0.15, -0.1) is 0 Å². The van der Waals surface area contributed by atoms with E-state index in [0.717, 1.165) is 0 Å². The second kappa shape index (κ2) is 133. The summed E-state index contributed by atoms with van der Waals surface area (Å²) in [5, 5.41) is 0. The van der Waals surface area contributed by atoms with Crippen molar-refractivity contribution in [3.63, 3.8) is 0 Å². The SMILES string of the molecule is C.F.F.[Mn]. The van der Waals surface area contributed by atoms with Gasteiger partial charge in [0, 0.05) is 17.1 Å². The maximum atomic E-state index is 0. The molecule has 0 fully saturated rings. The molecule has 0 bridgehead atoms. The average molecular weight is 111 g/mol. The second-order valence-corrected chi connectivity index (χ2v) is 0. The zero-order valence-corrected chi connectivity index (χ0v) is 2.37. The van der Waals surface area contributed by atoms with E-state index in [9.17, 15) is 0 Å². The van der Waals surface area contributed by atoms with Crippen LogP contribution in [-0.2, 0) is 17.1 Å². The summed E-state index contributed by atoms with van der Waals surface area (Å²) < 4.78 is 0. The van der Waals surface area contributed by atoms with Crippen LogP contribution in [0.25, 0.3) is 0 Å². The molecule has 0 saturated heterocycles. The van der Waals surface area contributed by atoms with E-state index in [0.29, 0.717) is 0 Å². The average Bonchev–Trinajstić information content (AvgIpc) is 0. The minimum atomic E-state index is 0. The van der Waals surface area contributed by atoms with Crippen LogP contribution in [0.15, 0.2) is 0 Å². The zero-order valence-electron chi connectivity index (χ0n) is 1.19. The van der Waals surface area contributed by atoms with Gasteiger partial charge < -0.3 is 0 Å². The van der Waals surface area contributed by atoms with Gasteiger partial charge in [-0.25, -0.2) is 0 Å². The fourth-order valence-corrected chi connectivity index (χ4v) is 0. The summed E-state index contributed by atoms with van der Waals surface area (Å²) in [5.41, 5.74) is 0. The molecule has 0 saturated carbocycles. The Balaban J connectivity index is 0. The molecule has 0 aliphatic carbocycles. The third-order valence-corrected chi connectivity index (χ3v) is 0. The molecule has 0 aromatic heterocycles. The van der Waals surface area contributed by atoms with E-state index in [1.165, 1.54) is 0 Å². The van der Waals surface area contributed by atoms with Crippen molar-refractivity contribution in [3.05, 3.63) is 0 Å². The van der Waals surface area contributed by atoms with Gasteiger partial charge in [0.15, 0.2) is 0 Å². The third kappa shape index (κ3) is 31.4. The molecule has 0 amide bonds. The van der Waals surface area contributed by atoms with Crippen molar-refractivity contribution < 1.29 is 26.5 Å². The van der Waals surface area contributed by atoms with Gasteiger partial charge in [-0.1, -0.05) is 7.43 Å². The molecule has 0 aromatic rings. The number of hydrogen-bond acceptors (Lipinski definition) is 0. The maximum absolute atomic E-state index is 0. The minimum Gasteiger partial charge on any atom is -0.269 e. The van der Waals surface area contributed by atoms with Crippen LogP contribution in [0.5, 0.6) is 0 Å². The van der Waals surface area contributed by atoms with Crippen molar-refractivity contribution >= 4 is 0 Å². The first-order chi connectivity index (χ1) is 0. The largest absolute Gasteiger partial charge is 0.269 e. The van der Waals surface area contributed by atoms with Crippen LogP contribution < -0.4 is 0 Å². The maximum Gasteiger partial charge on any atom is 0 e. The van der Waals surface area contributed by atoms with Crippen LogP contribution in [0.1, 0.15) is 7.43 Å². The molecular weight excluding hydrogens is 105 g/mol. The molecule has 1 radical (unpaired) electrons. The van der Waals surface area contributed by atoms with Crippen molar-refractivity contribution in [2.75, 3.05) is 0 Å². The first kappa shape index (κ1) is 347. The van der Waals surface area contributed by atoms with Gasteiger partial charge in [0.25, 0.3) is 0 Å². The van der Waals surface area contributed by atoms with Gasteiger partial charge in [-0.05, 0) is 0 Å². The molecule has 31 valence electrons. The van der Waals surface area contributed by atoms with Crippen LogP contribution in [0.4, 0.5) is 9.41 Å². The smallest absolute Gasteiger partial charge is 0 e. The Morgan fingerprint density at radius 1 is 0.750 bits per heavy atom. The zero-order chi connectivity index (χ0) is 0. The Labute approximate surface area is 34.8 Å². The summed E-state index contributed by atoms with van der Waals surface area (Å²) >= 11 is 0. The van der Waals surface area contributed by atoms with Gasteiger partial charge >= 0.3 is 0 Å². The van der Waals surface area contributed by atoms with Gasteiger partial charge in [0.05, 0.1) is 0 Å². The quantitative estimate of drug-likeness (QED) is 0.408. The van der Waals surface area contributed by atoms with Crippen molar-refractivity contribution in [1.82, 2.24) is 0 Å². The first-order valence-electron chi connectivity index (χ1n) is 0. The molecule has 0 atom stereocenters. The van der Waals surface area contributed by atoms with Crippen molar-refractivity contribution in [1.29, 1.82) is 0 Å². The van der Waals surface area contributed by atoms with Gasteiger partial charge in [-0.3, -0.25) is 9.41 Å². The Morgan fingerprint density at radius 3 is 0.750 bits per heavy atom. The van der Waals surface area contributed by atoms with Gasteiger partial charge in [-0.2, -0.15) is 0 Å². The van der Waals surface area contributed by atoms with Gasteiger partial charge in [0.1, 0.15) is 0 Å². The normalized spacial score (nSPS) is 0. The molecule has 0 unspecified atom stereocenters. The van der Waals surface area contributed by atoms with E-state index in [-0.39, 0.29) is 33.9 Å². The fourth-order valence-electron chi connectivity index (χ4n) is 0. The Morgan fingerprint density at radius 2 is 0.750 bits per heavy atom. The van der Waals surface area contributed by atoms with Crippen LogP contribution >= 0.6 is 0 Å². The van der Waals surface area contributed by atoms with Crippen molar-refractivity contribution in [3.8, 4) is 0 Å². The molecule has 0 nitrogen and oxygen atoms in total. The Kier molecular flexibility index (Phi) is 11500. The van der Waals surface area contributed by atoms with Crippen LogP contribution in [0.2, 0.25) is 0 Å². The summed E-state index contributed by atoms with van der Waals surface area (Å²) in [6.07, 6.45) is 0. The number of rotatable bonds is 0. The minimum absolute atomic E-state index is 0. The summed E-state index contributed by atoms with van der Waals surface area (Å²) in [5.74, 6) is 0. The standard InChI is InChI=1S/CH4.2FH.Mn/h1H4;2*1H;. The molecule has 4 heavy (non-hydrogen) atoms. The van der Waals surface area contributed by atoms with Crippen LogP contribution in [-0.4, -0.2) is 0 Å². The van der Waals surface area contributed by atoms with E-state index in [2.05, 4.69) is 0 Å². The Hall–Kier alpha value is 0.379. The Bertz CT molecular complexity index is 6.00. The van der Waals surface area contributed by atoms with E-state index in [4.69, 9.17) is 0 Å². The monoisotopic (exact) mass is 111 g/mol. The van der Waals surface area contributed by atoms with Crippen LogP contribution in [0.3, 0.4) is 0 Å². The molecule has 0 N–H and O–H groups in total. The second-order valence-electron chi connectivity index (χ2n) is 0. The molecule has 0 aliphatic heterocycles. The predicted octanol–water partition coefficient (Wildman–Crippen LogP) is 0.939. The molecular formula is CH6F2Mn. The molecule has 0 aliphatic rings. The molecule has 0 heterocycles. The predicted molar refractivity (Wildman–Crippen MR) is 11.7 cm³/mol. The van der Waals surface area contributed by atoms with E-state index in [1.807, 2.05) is 0 Å².